The number of rotatable bonds is 6. The Hall–Kier alpha value is -2.05. The van der Waals surface area contributed by atoms with E-state index in [2.05, 4.69) is 45.1 Å². The summed E-state index contributed by atoms with van der Waals surface area (Å²) in [6.45, 7) is 4.14. The number of hydrogen-bond donors (Lipinski definition) is 0. The van der Waals surface area contributed by atoms with Crippen LogP contribution in [-0.2, 0) is 11.3 Å². The number of benzene rings is 2. The zero-order valence-electron chi connectivity index (χ0n) is 14.9. The summed E-state index contributed by atoms with van der Waals surface area (Å²) in [4.78, 5) is 16.6. The minimum atomic E-state index is 0.0131. The molecule has 0 spiro atoms. The predicted molar refractivity (Wildman–Crippen MR) is 104 cm³/mol. The third-order valence-corrected chi connectivity index (χ3v) is 4.99. The molecular weight excluding hydrogens is 396 g/mol. The van der Waals surface area contributed by atoms with E-state index in [1.165, 1.54) is 5.56 Å². The van der Waals surface area contributed by atoms with Crippen LogP contribution in [0.15, 0.2) is 53.0 Å². The molecule has 0 saturated carbocycles. The van der Waals surface area contributed by atoms with E-state index in [1.807, 2.05) is 29.2 Å². The van der Waals surface area contributed by atoms with Gasteiger partial charge < -0.3 is 14.4 Å². The fourth-order valence-corrected chi connectivity index (χ4v) is 3.24. The number of methoxy groups -OCH3 is 1. The van der Waals surface area contributed by atoms with Crippen LogP contribution in [0.1, 0.15) is 5.56 Å². The third-order valence-electron chi connectivity index (χ3n) is 4.46. The predicted octanol–water partition coefficient (Wildman–Crippen LogP) is 3.18. The highest BCUT2D eigenvalue weighted by Gasteiger charge is 2.21. The summed E-state index contributed by atoms with van der Waals surface area (Å²) < 4.78 is 12.0. The van der Waals surface area contributed by atoms with Crippen LogP contribution in [0.2, 0.25) is 0 Å². The van der Waals surface area contributed by atoms with Crippen molar-refractivity contribution in [2.45, 2.75) is 6.54 Å². The monoisotopic (exact) mass is 418 g/mol. The standard InChI is InChI=1S/C20H23BrN2O3/c1-25-18-4-2-3-5-19(18)26-15-20(24)23-12-10-22(11-13-23)14-16-6-8-17(21)9-7-16/h2-9H,10-15H2,1H3. The molecule has 26 heavy (non-hydrogen) atoms. The minimum absolute atomic E-state index is 0.0131. The Morgan fingerprint density at radius 1 is 1.00 bits per heavy atom. The van der Waals surface area contributed by atoms with Gasteiger partial charge in [0.1, 0.15) is 0 Å². The largest absolute Gasteiger partial charge is 0.493 e. The average molecular weight is 419 g/mol. The summed E-state index contributed by atoms with van der Waals surface area (Å²) in [7, 11) is 1.59. The van der Waals surface area contributed by atoms with Gasteiger partial charge in [-0.05, 0) is 29.8 Å². The number of carbonyl (C=O) groups excluding carboxylic acids is 1. The first-order chi connectivity index (χ1) is 12.7. The Labute approximate surface area is 162 Å². The molecule has 0 atom stereocenters. The van der Waals surface area contributed by atoms with Crippen molar-refractivity contribution in [3.63, 3.8) is 0 Å². The van der Waals surface area contributed by atoms with Crippen LogP contribution in [0.25, 0.3) is 0 Å². The molecule has 0 aromatic heterocycles. The Balaban J connectivity index is 1.45. The number of piperazine rings is 1. The Bertz CT molecular complexity index is 728. The van der Waals surface area contributed by atoms with E-state index in [0.29, 0.717) is 11.5 Å². The van der Waals surface area contributed by atoms with Crippen molar-refractivity contribution in [1.29, 1.82) is 0 Å². The van der Waals surface area contributed by atoms with Crippen LogP contribution in [0.4, 0.5) is 0 Å². The topological polar surface area (TPSA) is 42.0 Å². The van der Waals surface area contributed by atoms with Crippen molar-refractivity contribution in [3.8, 4) is 11.5 Å². The number of para-hydroxylation sites is 2. The van der Waals surface area contributed by atoms with Gasteiger partial charge in [-0.15, -0.1) is 0 Å². The summed E-state index contributed by atoms with van der Waals surface area (Å²) in [5.41, 5.74) is 1.28. The molecule has 0 radical (unpaired) electrons. The van der Waals surface area contributed by atoms with Gasteiger partial charge in [0.15, 0.2) is 18.1 Å². The van der Waals surface area contributed by atoms with Gasteiger partial charge >= 0.3 is 0 Å². The molecule has 1 heterocycles. The summed E-state index contributed by atoms with van der Waals surface area (Å²) in [6, 6.07) is 15.7. The van der Waals surface area contributed by atoms with Crippen LogP contribution < -0.4 is 9.47 Å². The summed E-state index contributed by atoms with van der Waals surface area (Å²) in [5, 5.41) is 0. The molecule has 2 aromatic rings. The van der Waals surface area contributed by atoms with Crippen LogP contribution in [0.3, 0.4) is 0 Å². The van der Waals surface area contributed by atoms with E-state index in [-0.39, 0.29) is 12.5 Å². The van der Waals surface area contributed by atoms with E-state index < -0.39 is 0 Å². The van der Waals surface area contributed by atoms with Crippen molar-refractivity contribution in [1.82, 2.24) is 9.80 Å². The second kappa shape index (κ2) is 9.05. The zero-order chi connectivity index (χ0) is 18.4. The van der Waals surface area contributed by atoms with Crippen LogP contribution >= 0.6 is 15.9 Å². The van der Waals surface area contributed by atoms with E-state index in [4.69, 9.17) is 9.47 Å². The quantitative estimate of drug-likeness (QED) is 0.722. The SMILES string of the molecule is COc1ccccc1OCC(=O)N1CCN(Cc2ccc(Br)cc2)CC1. The minimum Gasteiger partial charge on any atom is -0.493 e. The molecule has 0 N–H and O–H groups in total. The van der Waals surface area contributed by atoms with Crippen LogP contribution in [0, 0.1) is 0 Å². The van der Waals surface area contributed by atoms with Gasteiger partial charge in [0.05, 0.1) is 7.11 Å². The Morgan fingerprint density at radius 3 is 2.31 bits per heavy atom. The molecule has 0 unspecified atom stereocenters. The van der Waals surface area contributed by atoms with Crippen LogP contribution in [-0.4, -0.2) is 55.6 Å². The molecule has 1 amide bonds. The van der Waals surface area contributed by atoms with Gasteiger partial charge in [-0.2, -0.15) is 0 Å². The molecule has 1 aliphatic rings. The highest BCUT2D eigenvalue weighted by Crippen LogP contribution is 2.25. The fraction of sp³-hybridized carbons (Fsp3) is 0.350. The number of nitrogens with zero attached hydrogens (tertiary/aromatic N) is 2. The van der Waals surface area contributed by atoms with Crippen LogP contribution in [0.5, 0.6) is 11.5 Å². The van der Waals surface area contributed by atoms with E-state index in [9.17, 15) is 4.79 Å². The summed E-state index contributed by atoms with van der Waals surface area (Å²) in [5.74, 6) is 1.25. The molecular formula is C20H23BrN2O3. The molecule has 5 nitrogen and oxygen atoms in total. The highest BCUT2D eigenvalue weighted by atomic mass is 79.9. The molecule has 6 heteroatoms. The first kappa shape index (κ1) is 18.7. The molecule has 0 bridgehead atoms. The van der Waals surface area contributed by atoms with Crippen molar-refractivity contribution >= 4 is 21.8 Å². The molecule has 2 aromatic carbocycles. The van der Waals surface area contributed by atoms with Crippen molar-refractivity contribution < 1.29 is 14.3 Å². The lowest BCUT2D eigenvalue weighted by molar-refractivity contribution is -0.135. The lowest BCUT2D eigenvalue weighted by Crippen LogP contribution is -2.49. The smallest absolute Gasteiger partial charge is 0.260 e. The number of halogens is 1. The fourth-order valence-electron chi connectivity index (χ4n) is 2.97. The number of ether oxygens (including phenoxy) is 2. The zero-order valence-corrected chi connectivity index (χ0v) is 16.4. The molecule has 0 aliphatic carbocycles. The summed E-state index contributed by atoms with van der Waals surface area (Å²) in [6.07, 6.45) is 0. The van der Waals surface area contributed by atoms with E-state index in [1.54, 1.807) is 7.11 Å². The maximum Gasteiger partial charge on any atom is 0.260 e. The maximum atomic E-state index is 12.4. The number of carbonyl (C=O) groups is 1. The van der Waals surface area contributed by atoms with Crippen molar-refractivity contribution in [2.24, 2.45) is 0 Å². The third kappa shape index (κ3) is 4.99. The normalized spacial score (nSPS) is 14.9. The van der Waals surface area contributed by atoms with Gasteiger partial charge in [0.25, 0.3) is 5.91 Å². The maximum absolute atomic E-state index is 12.4. The average Bonchev–Trinajstić information content (AvgIpc) is 2.68. The first-order valence-electron chi connectivity index (χ1n) is 8.66. The molecule has 3 rings (SSSR count). The molecule has 1 saturated heterocycles. The summed E-state index contributed by atoms with van der Waals surface area (Å²) >= 11 is 3.46. The van der Waals surface area contributed by atoms with Crippen molar-refractivity contribution in [2.75, 3.05) is 39.9 Å². The van der Waals surface area contributed by atoms with E-state index >= 15 is 0 Å². The molecule has 138 valence electrons. The van der Waals surface area contributed by atoms with Gasteiger partial charge in [0.2, 0.25) is 0 Å². The van der Waals surface area contributed by atoms with Gasteiger partial charge in [-0.25, -0.2) is 0 Å². The molecule has 1 fully saturated rings. The number of hydrogen-bond acceptors (Lipinski definition) is 4. The molecule has 1 aliphatic heterocycles. The highest BCUT2D eigenvalue weighted by molar-refractivity contribution is 9.10. The van der Waals surface area contributed by atoms with Crippen molar-refractivity contribution in [3.05, 3.63) is 58.6 Å². The lowest BCUT2D eigenvalue weighted by atomic mass is 10.2. The van der Waals surface area contributed by atoms with Gasteiger partial charge in [0, 0.05) is 37.2 Å². The second-order valence-corrected chi connectivity index (χ2v) is 7.14. The lowest BCUT2D eigenvalue weighted by Gasteiger charge is -2.34. The van der Waals surface area contributed by atoms with Gasteiger partial charge in [-0.1, -0.05) is 40.2 Å². The Morgan fingerprint density at radius 2 is 1.65 bits per heavy atom. The van der Waals surface area contributed by atoms with Gasteiger partial charge in [-0.3, -0.25) is 9.69 Å². The number of amides is 1. The second-order valence-electron chi connectivity index (χ2n) is 6.22. The Kier molecular flexibility index (Phi) is 6.52. The first-order valence-corrected chi connectivity index (χ1v) is 9.45. The van der Waals surface area contributed by atoms with E-state index in [0.717, 1.165) is 37.2 Å².